The Hall–Kier alpha value is -0.820. The van der Waals surface area contributed by atoms with Crippen LogP contribution in [-0.2, 0) is 4.79 Å². The third kappa shape index (κ3) is 4.32. The van der Waals surface area contributed by atoms with Crippen LogP contribution in [0.25, 0.3) is 0 Å². The number of piperidine rings is 1. The smallest absolute Gasteiger partial charge is 0.391 e. The molecule has 0 amide bonds. The molecule has 0 bridgehead atoms. The first-order chi connectivity index (χ1) is 9.70. The number of likely N-dealkylation sites (tertiary alicyclic amines) is 1. The van der Waals surface area contributed by atoms with Crippen molar-refractivity contribution in [1.82, 2.24) is 4.90 Å². The van der Waals surface area contributed by atoms with Crippen LogP contribution in [-0.4, -0.2) is 52.5 Å². The fraction of sp³-hybridized carbons (Fsp3) is 0.929. The highest BCUT2D eigenvalue weighted by molar-refractivity contribution is 5.70. The Labute approximate surface area is 121 Å². The highest BCUT2D eigenvalue weighted by Gasteiger charge is 2.43. The Bertz CT molecular complexity index is 370. The normalized spacial score (nSPS) is 33.0. The molecular weight excluding hydrogens is 287 g/mol. The summed E-state index contributed by atoms with van der Waals surface area (Å²) >= 11 is 0. The number of nitrogens with zero attached hydrogens (tertiary/aromatic N) is 1. The summed E-state index contributed by atoms with van der Waals surface area (Å²) < 4.78 is 37.8. The molecule has 1 saturated carbocycles. The van der Waals surface area contributed by atoms with Crippen molar-refractivity contribution in [2.75, 3.05) is 19.6 Å². The van der Waals surface area contributed by atoms with Crippen molar-refractivity contribution in [3.05, 3.63) is 0 Å². The van der Waals surface area contributed by atoms with Gasteiger partial charge in [0.15, 0.2) is 0 Å². The van der Waals surface area contributed by atoms with Gasteiger partial charge in [0.25, 0.3) is 0 Å². The van der Waals surface area contributed by atoms with Gasteiger partial charge < -0.3 is 15.1 Å². The van der Waals surface area contributed by atoms with Crippen LogP contribution in [0, 0.1) is 11.8 Å². The van der Waals surface area contributed by atoms with Gasteiger partial charge in [0.2, 0.25) is 0 Å². The molecule has 7 heteroatoms. The number of hydrogen-bond acceptors (Lipinski definition) is 3. The fourth-order valence-electron chi connectivity index (χ4n) is 3.39. The lowest BCUT2D eigenvalue weighted by molar-refractivity contribution is -0.186. The number of aliphatic hydroxyl groups is 1. The number of aliphatic carboxylic acids is 1. The van der Waals surface area contributed by atoms with E-state index in [4.69, 9.17) is 5.11 Å². The first-order valence-electron chi connectivity index (χ1n) is 7.44. The van der Waals surface area contributed by atoms with Crippen molar-refractivity contribution in [2.45, 2.75) is 50.3 Å². The predicted octanol–water partition coefficient (Wildman–Crippen LogP) is 2.27. The summed E-state index contributed by atoms with van der Waals surface area (Å²) in [5.41, 5.74) is -0.947. The van der Waals surface area contributed by atoms with Gasteiger partial charge in [-0.05, 0) is 51.6 Å². The molecule has 21 heavy (non-hydrogen) atoms. The SMILES string of the molecule is O=C(O)C1CCC(O)(CN2CCC(C(F)(F)F)CC2)CC1. The first-order valence-corrected chi connectivity index (χ1v) is 7.44. The Morgan fingerprint density at radius 3 is 2.10 bits per heavy atom. The number of carboxylic acids is 1. The highest BCUT2D eigenvalue weighted by Crippen LogP contribution is 2.36. The number of hydrogen-bond donors (Lipinski definition) is 2. The van der Waals surface area contributed by atoms with E-state index in [0.29, 0.717) is 45.3 Å². The van der Waals surface area contributed by atoms with Crippen molar-refractivity contribution < 1.29 is 28.2 Å². The number of carbonyl (C=O) groups is 1. The summed E-state index contributed by atoms with van der Waals surface area (Å²) in [6.45, 7) is 1.04. The third-order valence-electron chi connectivity index (χ3n) is 4.83. The second kappa shape index (κ2) is 6.12. The summed E-state index contributed by atoms with van der Waals surface area (Å²) in [7, 11) is 0. The Morgan fingerprint density at radius 1 is 1.14 bits per heavy atom. The monoisotopic (exact) mass is 309 g/mol. The standard InChI is InChI=1S/C14H22F3NO3/c15-14(16,17)11-3-7-18(8-4-11)9-13(21)5-1-10(2-6-13)12(19)20/h10-11,21H,1-9H2,(H,19,20). The molecule has 0 atom stereocenters. The largest absolute Gasteiger partial charge is 0.481 e. The van der Waals surface area contributed by atoms with Crippen molar-refractivity contribution >= 4 is 5.97 Å². The molecule has 122 valence electrons. The molecule has 0 aromatic rings. The van der Waals surface area contributed by atoms with Gasteiger partial charge in [0.1, 0.15) is 0 Å². The molecule has 4 nitrogen and oxygen atoms in total. The van der Waals surface area contributed by atoms with E-state index in [1.807, 2.05) is 4.90 Å². The zero-order valence-electron chi connectivity index (χ0n) is 11.9. The molecule has 0 aromatic carbocycles. The lowest BCUT2D eigenvalue weighted by Gasteiger charge is -2.41. The number of carboxylic acid groups (broad SMARTS) is 1. The summed E-state index contributed by atoms with van der Waals surface area (Å²) in [6, 6.07) is 0. The van der Waals surface area contributed by atoms with E-state index in [1.165, 1.54) is 0 Å². The van der Waals surface area contributed by atoms with Gasteiger partial charge in [-0.25, -0.2) is 0 Å². The Balaban J connectivity index is 1.80. The van der Waals surface area contributed by atoms with E-state index in [9.17, 15) is 23.1 Å². The summed E-state index contributed by atoms with van der Waals surface area (Å²) in [5.74, 6) is -2.46. The van der Waals surface area contributed by atoms with Crippen LogP contribution < -0.4 is 0 Å². The molecule has 1 heterocycles. The van der Waals surface area contributed by atoms with Gasteiger partial charge in [-0.15, -0.1) is 0 Å². The van der Waals surface area contributed by atoms with Gasteiger partial charge >= 0.3 is 12.1 Å². The average Bonchev–Trinajstić information content (AvgIpc) is 2.38. The van der Waals surface area contributed by atoms with Gasteiger partial charge in [0, 0.05) is 6.54 Å². The van der Waals surface area contributed by atoms with E-state index >= 15 is 0 Å². The number of rotatable bonds is 3. The van der Waals surface area contributed by atoms with Crippen molar-refractivity contribution in [2.24, 2.45) is 11.8 Å². The maximum absolute atomic E-state index is 12.6. The van der Waals surface area contributed by atoms with Crippen molar-refractivity contribution in [3.63, 3.8) is 0 Å². The molecule has 0 radical (unpaired) electrons. The summed E-state index contributed by atoms with van der Waals surface area (Å²) in [6.07, 6.45) is -2.28. The number of halogens is 3. The molecule has 2 fully saturated rings. The van der Waals surface area contributed by atoms with Gasteiger partial charge in [-0.1, -0.05) is 0 Å². The minimum atomic E-state index is -4.12. The maximum atomic E-state index is 12.6. The average molecular weight is 309 g/mol. The van der Waals surface area contributed by atoms with Crippen LogP contribution in [0.1, 0.15) is 38.5 Å². The topological polar surface area (TPSA) is 60.8 Å². The van der Waals surface area contributed by atoms with E-state index in [2.05, 4.69) is 0 Å². The lowest BCUT2D eigenvalue weighted by atomic mass is 9.78. The van der Waals surface area contributed by atoms with Crippen LogP contribution in [0.5, 0.6) is 0 Å². The molecule has 1 aliphatic carbocycles. The molecule has 0 aromatic heterocycles. The molecular formula is C14H22F3NO3. The third-order valence-corrected chi connectivity index (χ3v) is 4.83. The summed E-state index contributed by atoms with van der Waals surface area (Å²) in [4.78, 5) is 12.8. The molecule has 1 aliphatic heterocycles. The minimum absolute atomic E-state index is 0.0807. The second-order valence-electron chi connectivity index (χ2n) is 6.43. The molecule has 0 spiro atoms. The van der Waals surface area contributed by atoms with Crippen LogP contribution in [0.15, 0.2) is 0 Å². The lowest BCUT2D eigenvalue weighted by Crippen LogP contribution is -2.49. The van der Waals surface area contributed by atoms with E-state index in [1.54, 1.807) is 0 Å². The highest BCUT2D eigenvalue weighted by atomic mass is 19.4. The van der Waals surface area contributed by atoms with Crippen LogP contribution in [0.2, 0.25) is 0 Å². The predicted molar refractivity (Wildman–Crippen MR) is 69.8 cm³/mol. The number of alkyl halides is 3. The zero-order valence-corrected chi connectivity index (χ0v) is 11.9. The molecule has 1 saturated heterocycles. The minimum Gasteiger partial charge on any atom is -0.481 e. The van der Waals surface area contributed by atoms with E-state index < -0.39 is 29.6 Å². The van der Waals surface area contributed by atoms with Gasteiger partial charge in [-0.3, -0.25) is 4.79 Å². The quantitative estimate of drug-likeness (QED) is 0.839. The molecule has 0 unspecified atom stereocenters. The Morgan fingerprint density at radius 2 is 1.67 bits per heavy atom. The van der Waals surface area contributed by atoms with Gasteiger partial charge in [-0.2, -0.15) is 13.2 Å². The second-order valence-corrected chi connectivity index (χ2v) is 6.43. The molecule has 2 aliphatic rings. The van der Waals surface area contributed by atoms with Gasteiger partial charge in [0.05, 0.1) is 17.4 Å². The molecule has 2 rings (SSSR count). The van der Waals surface area contributed by atoms with Crippen LogP contribution >= 0.6 is 0 Å². The fourth-order valence-corrected chi connectivity index (χ4v) is 3.39. The van der Waals surface area contributed by atoms with Crippen LogP contribution in [0.4, 0.5) is 13.2 Å². The van der Waals surface area contributed by atoms with Crippen molar-refractivity contribution in [3.8, 4) is 0 Å². The summed E-state index contributed by atoms with van der Waals surface area (Å²) in [5, 5.41) is 19.4. The first kappa shape index (κ1) is 16.5. The molecule has 2 N–H and O–H groups in total. The zero-order chi connectivity index (χ0) is 15.7. The van der Waals surface area contributed by atoms with Crippen LogP contribution in [0.3, 0.4) is 0 Å². The van der Waals surface area contributed by atoms with E-state index in [-0.39, 0.29) is 12.8 Å². The number of β-amino-alcohol motifs (C(OH)–C–C–N with tert-alkyl or cyclic N) is 1. The van der Waals surface area contributed by atoms with E-state index in [0.717, 1.165) is 0 Å². The van der Waals surface area contributed by atoms with Crippen molar-refractivity contribution in [1.29, 1.82) is 0 Å². The Kier molecular flexibility index (Phi) is 4.82. The maximum Gasteiger partial charge on any atom is 0.391 e.